The van der Waals surface area contributed by atoms with Gasteiger partial charge in [-0.2, -0.15) is 0 Å². The van der Waals surface area contributed by atoms with E-state index in [4.69, 9.17) is 5.73 Å². The average Bonchev–Trinajstić information content (AvgIpc) is 2.27. The summed E-state index contributed by atoms with van der Waals surface area (Å²) in [4.78, 5) is 2.45. The molecule has 14 heavy (non-hydrogen) atoms. The molecule has 0 aromatic rings. The fourth-order valence-corrected chi connectivity index (χ4v) is 2.15. The Morgan fingerprint density at radius 1 is 1.43 bits per heavy atom. The molecule has 3 heteroatoms. The van der Waals surface area contributed by atoms with Crippen LogP contribution >= 0.6 is 0 Å². The maximum atomic E-state index is 9.93. The van der Waals surface area contributed by atoms with E-state index >= 15 is 0 Å². The third kappa shape index (κ3) is 3.56. The topological polar surface area (TPSA) is 49.5 Å². The van der Waals surface area contributed by atoms with Crippen molar-refractivity contribution in [3.63, 3.8) is 0 Å². The van der Waals surface area contributed by atoms with Gasteiger partial charge in [-0.05, 0) is 52.6 Å². The Balaban J connectivity index is 2.41. The van der Waals surface area contributed by atoms with Crippen molar-refractivity contribution in [2.24, 2.45) is 5.73 Å². The van der Waals surface area contributed by atoms with Crippen LogP contribution in [0.2, 0.25) is 0 Å². The fraction of sp³-hybridized carbons (Fsp3) is 1.00. The van der Waals surface area contributed by atoms with Crippen LogP contribution in [0.4, 0.5) is 0 Å². The maximum absolute atomic E-state index is 9.93. The van der Waals surface area contributed by atoms with Gasteiger partial charge in [-0.15, -0.1) is 0 Å². The monoisotopic (exact) mass is 200 g/mol. The quantitative estimate of drug-likeness (QED) is 0.713. The van der Waals surface area contributed by atoms with Gasteiger partial charge in [-0.25, -0.2) is 0 Å². The minimum Gasteiger partial charge on any atom is -0.390 e. The number of aliphatic hydroxyl groups is 1. The third-order valence-electron chi connectivity index (χ3n) is 3.31. The first-order valence-electron chi connectivity index (χ1n) is 5.72. The molecule has 3 nitrogen and oxygen atoms in total. The molecule has 2 unspecified atom stereocenters. The van der Waals surface area contributed by atoms with Crippen molar-refractivity contribution >= 4 is 0 Å². The average molecular weight is 200 g/mol. The highest BCUT2D eigenvalue weighted by molar-refractivity contribution is 4.81. The van der Waals surface area contributed by atoms with Crippen molar-refractivity contribution in [2.45, 2.75) is 51.2 Å². The summed E-state index contributed by atoms with van der Waals surface area (Å²) in [5.41, 5.74) is 5.11. The molecule has 3 N–H and O–H groups in total. The van der Waals surface area contributed by atoms with E-state index in [1.54, 1.807) is 0 Å². The molecule has 2 atom stereocenters. The number of hydrogen-bond acceptors (Lipinski definition) is 3. The standard InChI is InChI=1S/C11H24N2O/c1-10(4-7-12)13-8-3-5-11(2,14)6-9-13/h10,14H,3-9,12H2,1-2H3. The van der Waals surface area contributed by atoms with E-state index in [9.17, 15) is 5.11 Å². The van der Waals surface area contributed by atoms with Crippen molar-refractivity contribution in [3.8, 4) is 0 Å². The number of nitrogens with zero attached hydrogens (tertiary/aromatic N) is 1. The normalized spacial score (nSPS) is 32.6. The van der Waals surface area contributed by atoms with Gasteiger partial charge in [0, 0.05) is 12.6 Å². The number of rotatable bonds is 3. The van der Waals surface area contributed by atoms with E-state index in [1.807, 2.05) is 6.92 Å². The molecule has 1 aliphatic heterocycles. The summed E-state index contributed by atoms with van der Waals surface area (Å²) in [6.07, 6.45) is 3.98. The van der Waals surface area contributed by atoms with Crippen LogP contribution in [0.25, 0.3) is 0 Å². The molecule has 0 radical (unpaired) electrons. The SMILES string of the molecule is CC(CCN)N1CCCC(C)(O)CC1. The van der Waals surface area contributed by atoms with Gasteiger partial charge in [0.2, 0.25) is 0 Å². The van der Waals surface area contributed by atoms with Crippen LogP contribution in [-0.2, 0) is 0 Å². The van der Waals surface area contributed by atoms with Crippen LogP contribution in [0.15, 0.2) is 0 Å². The van der Waals surface area contributed by atoms with Gasteiger partial charge >= 0.3 is 0 Å². The maximum Gasteiger partial charge on any atom is 0.0632 e. The van der Waals surface area contributed by atoms with Gasteiger partial charge in [0.05, 0.1) is 5.60 Å². The van der Waals surface area contributed by atoms with E-state index in [0.717, 1.165) is 45.3 Å². The number of nitrogens with two attached hydrogens (primary N) is 1. The molecule has 1 aliphatic rings. The summed E-state index contributed by atoms with van der Waals surface area (Å²) in [6.45, 7) is 7.05. The molecule has 1 heterocycles. The lowest BCUT2D eigenvalue weighted by Gasteiger charge is -2.27. The number of likely N-dealkylation sites (tertiary alicyclic amines) is 1. The molecule has 0 spiro atoms. The van der Waals surface area contributed by atoms with Crippen LogP contribution in [0.1, 0.15) is 39.5 Å². The molecular formula is C11H24N2O. The molecule has 0 aliphatic carbocycles. The van der Waals surface area contributed by atoms with Gasteiger partial charge in [-0.3, -0.25) is 0 Å². The highest BCUT2D eigenvalue weighted by Crippen LogP contribution is 2.22. The molecule has 0 bridgehead atoms. The summed E-state index contributed by atoms with van der Waals surface area (Å²) in [7, 11) is 0. The highest BCUT2D eigenvalue weighted by atomic mass is 16.3. The molecule has 0 amide bonds. The Kier molecular flexibility index (Phi) is 4.35. The van der Waals surface area contributed by atoms with Crippen LogP contribution < -0.4 is 5.73 Å². The Labute approximate surface area is 87.3 Å². The minimum atomic E-state index is -0.447. The zero-order valence-electron chi connectivity index (χ0n) is 9.50. The summed E-state index contributed by atoms with van der Waals surface area (Å²) in [6, 6.07) is 0.564. The summed E-state index contributed by atoms with van der Waals surface area (Å²) in [5.74, 6) is 0. The second-order valence-electron chi connectivity index (χ2n) is 4.81. The largest absolute Gasteiger partial charge is 0.390 e. The van der Waals surface area contributed by atoms with Crippen molar-refractivity contribution in [3.05, 3.63) is 0 Å². The molecule has 0 saturated carbocycles. The first-order chi connectivity index (χ1) is 6.55. The summed E-state index contributed by atoms with van der Waals surface area (Å²) < 4.78 is 0. The summed E-state index contributed by atoms with van der Waals surface area (Å²) >= 11 is 0. The lowest BCUT2D eigenvalue weighted by Crippen LogP contribution is -2.36. The molecule has 1 fully saturated rings. The minimum absolute atomic E-state index is 0.447. The molecule has 1 saturated heterocycles. The Morgan fingerprint density at radius 3 is 2.79 bits per heavy atom. The van der Waals surface area contributed by atoms with Gasteiger partial charge in [-0.1, -0.05) is 0 Å². The summed E-state index contributed by atoms with van der Waals surface area (Å²) in [5, 5.41) is 9.93. The predicted octanol–water partition coefficient (Wildman–Crippen LogP) is 0.961. The second kappa shape index (κ2) is 5.10. The van der Waals surface area contributed by atoms with Gasteiger partial charge in [0.25, 0.3) is 0 Å². The van der Waals surface area contributed by atoms with Crippen LogP contribution in [0.5, 0.6) is 0 Å². The third-order valence-corrected chi connectivity index (χ3v) is 3.31. The zero-order chi connectivity index (χ0) is 10.6. The van der Waals surface area contributed by atoms with Crippen molar-refractivity contribution < 1.29 is 5.11 Å². The first kappa shape index (κ1) is 12.0. The molecule has 0 aromatic heterocycles. The van der Waals surface area contributed by atoms with E-state index in [1.165, 1.54) is 0 Å². The van der Waals surface area contributed by atoms with Crippen LogP contribution in [0, 0.1) is 0 Å². The lowest BCUT2D eigenvalue weighted by molar-refractivity contribution is 0.0432. The van der Waals surface area contributed by atoms with Crippen LogP contribution in [-0.4, -0.2) is 41.3 Å². The van der Waals surface area contributed by atoms with Crippen molar-refractivity contribution in [1.82, 2.24) is 4.90 Å². The molecular weight excluding hydrogens is 176 g/mol. The molecule has 1 rings (SSSR count). The first-order valence-corrected chi connectivity index (χ1v) is 5.72. The Bertz CT molecular complexity index is 171. The number of hydrogen-bond donors (Lipinski definition) is 2. The van der Waals surface area contributed by atoms with Crippen LogP contribution in [0.3, 0.4) is 0 Å². The van der Waals surface area contributed by atoms with E-state index in [-0.39, 0.29) is 0 Å². The van der Waals surface area contributed by atoms with Crippen molar-refractivity contribution in [1.29, 1.82) is 0 Å². The van der Waals surface area contributed by atoms with Gasteiger partial charge in [0.1, 0.15) is 0 Å². The smallest absolute Gasteiger partial charge is 0.0632 e. The van der Waals surface area contributed by atoms with Crippen molar-refractivity contribution in [2.75, 3.05) is 19.6 Å². The zero-order valence-corrected chi connectivity index (χ0v) is 9.50. The predicted molar refractivity (Wildman–Crippen MR) is 59.2 cm³/mol. The van der Waals surface area contributed by atoms with E-state index in [2.05, 4.69) is 11.8 Å². The van der Waals surface area contributed by atoms with E-state index in [0.29, 0.717) is 6.04 Å². The highest BCUT2D eigenvalue weighted by Gasteiger charge is 2.26. The Hall–Kier alpha value is -0.120. The van der Waals surface area contributed by atoms with Gasteiger partial charge < -0.3 is 15.7 Å². The fourth-order valence-electron chi connectivity index (χ4n) is 2.15. The molecule has 0 aromatic carbocycles. The Morgan fingerprint density at radius 2 is 2.14 bits per heavy atom. The lowest BCUT2D eigenvalue weighted by atomic mass is 9.98. The van der Waals surface area contributed by atoms with Gasteiger partial charge in [0.15, 0.2) is 0 Å². The molecule has 84 valence electrons. The second-order valence-corrected chi connectivity index (χ2v) is 4.81. The van der Waals surface area contributed by atoms with E-state index < -0.39 is 5.60 Å².